The second kappa shape index (κ2) is 7.73. The number of carbonyl (C=O) groups is 2. The van der Waals surface area contributed by atoms with Gasteiger partial charge in [0.05, 0.1) is 0 Å². The zero-order valence-corrected chi connectivity index (χ0v) is 15.8. The van der Waals surface area contributed by atoms with Crippen LogP contribution in [0.5, 0.6) is 0 Å². The molecule has 1 saturated heterocycles. The highest BCUT2D eigenvalue weighted by Gasteiger charge is 2.25. The van der Waals surface area contributed by atoms with Gasteiger partial charge in [-0.05, 0) is 50.1 Å². The van der Waals surface area contributed by atoms with E-state index >= 15 is 0 Å². The van der Waals surface area contributed by atoms with E-state index in [2.05, 4.69) is 13.0 Å². The number of amides is 2. The van der Waals surface area contributed by atoms with Crippen molar-refractivity contribution in [2.24, 2.45) is 0 Å². The molecule has 1 aliphatic heterocycles. The third-order valence-electron chi connectivity index (χ3n) is 4.93. The van der Waals surface area contributed by atoms with E-state index in [4.69, 9.17) is 0 Å². The molecule has 0 saturated carbocycles. The zero-order valence-electron chi connectivity index (χ0n) is 15.8. The average Bonchev–Trinajstić information content (AvgIpc) is 2.66. The normalized spacial score (nSPS) is 14.4. The first-order chi connectivity index (χ1) is 12.5. The minimum absolute atomic E-state index is 0.0474. The molecule has 1 heterocycles. The van der Waals surface area contributed by atoms with Gasteiger partial charge in [-0.3, -0.25) is 9.59 Å². The van der Waals surface area contributed by atoms with Crippen LogP contribution in [-0.2, 0) is 6.42 Å². The lowest BCUT2D eigenvalue weighted by Gasteiger charge is -2.35. The molecule has 0 bridgehead atoms. The summed E-state index contributed by atoms with van der Waals surface area (Å²) in [6.45, 7) is 8.40. The first kappa shape index (κ1) is 18.2. The van der Waals surface area contributed by atoms with Crippen molar-refractivity contribution in [3.8, 4) is 0 Å². The zero-order chi connectivity index (χ0) is 18.7. The maximum Gasteiger partial charge on any atom is 0.253 e. The van der Waals surface area contributed by atoms with Crippen molar-refractivity contribution >= 4 is 11.8 Å². The van der Waals surface area contributed by atoms with Crippen LogP contribution in [-0.4, -0.2) is 47.8 Å². The van der Waals surface area contributed by atoms with E-state index in [9.17, 15) is 9.59 Å². The van der Waals surface area contributed by atoms with Crippen LogP contribution in [0.4, 0.5) is 0 Å². The van der Waals surface area contributed by atoms with Crippen LogP contribution in [0.3, 0.4) is 0 Å². The number of aryl methyl sites for hydroxylation is 3. The number of hydrogen-bond acceptors (Lipinski definition) is 2. The monoisotopic (exact) mass is 350 g/mol. The van der Waals surface area contributed by atoms with Crippen LogP contribution in [0, 0.1) is 13.8 Å². The summed E-state index contributed by atoms with van der Waals surface area (Å²) in [5.74, 6) is 0.0994. The number of benzene rings is 2. The molecule has 0 unspecified atom stereocenters. The average molecular weight is 350 g/mol. The van der Waals surface area contributed by atoms with Crippen LogP contribution < -0.4 is 0 Å². The third-order valence-corrected chi connectivity index (χ3v) is 4.93. The van der Waals surface area contributed by atoms with Crippen molar-refractivity contribution < 1.29 is 9.59 Å². The van der Waals surface area contributed by atoms with Gasteiger partial charge in [0.1, 0.15) is 0 Å². The summed E-state index contributed by atoms with van der Waals surface area (Å²) in [6.07, 6.45) is 0.966. The molecule has 26 heavy (non-hydrogen) atoms. The summed E-state index contributed by atoms with van der Waals surface area (Å²) >= 11 is 0. The molecular formula is C22H26N2O2. The van der Waals surface area contributed by atoms with Crippen molar-refractivity contribution in [2.75, 3.05) is 26.2 Å². The summed E-state index contributed by atoms with van der Waals surface area (Å²) in [6, 6.07) is 13.7. The van der Waals surface area contributed by atoms with Gasteiger partial charge in [0.2, 0.25) is 0 Å². The predicted octanol–water partition coefficient (Wildman–Crippen LogP) is 3.46. The van der Waals surface area contributed by atoms with Gasteiger partial charge in [0, 0.05) is 37.3 Å². The van der Waals surface area contributed by atoms with Crippen molar-refractivity contribution in [3.05, 3.63) is 70.3 Å². The van der Waals surface area contributed by atoms with Gasteiger partial charge in [0.25, 0.3) is 11.8 Å². The van der Waals surface area contributed by atoms with Crippen molar-refractivity contribution in [1.29, 1.82) is 0 Å². The Morgan fingerprint density at radius 1 is 0.769 bits per heavy atom. The molecule has 1 aliphatic rings. The number of piperazine rings is 1. The van der Waals surface area contributed by atoms with E-state index in [1.807, 2.05) is 60.0 Å². The van der Waals surface area contributed by atoms with E-state index in [0.29, 0.717) is 26.2 Å². The van der Waals surface area contributed by atoms with Crippen molar-refractivity contribution in [1.82, 2.24) is 9.80 Å². The van der Waals surface area contributed by atoms with Crippen LogP contribution in [0.25, 0.3) is 0 Å². The molecule has 0 spiro atoms. The molecule has 4 nitrogen and oxygen atoms in total. The van der Waals surface area contributed by atoms with Crippen LogP contribution in [0.2, 0.25) is 0 Å². The van der Waals surface area contributed by atoms with Gasteiger partial charge in [0.15, 0.2) is 0 Å². The molecule has 2 aromatic carbocycles. The molecule has 4 heteroatoms. The Morgan fingerprint density at radius 2 is 1.23 bits per heavy atom. The Hall–Kier alpha value is -2.62. The van der Waals surface area contributed by atoms with E-state index < -0.39 is 0 Å². The topological polar surface area (TPSA) is 40.6 Å². The Morgan fingerprint density at radius 3 is 1.69 bits per heavy atom. The predicted molar refractivity (Wildman–Crippen MR) is 104 cm³/mol. The standard InChI is InChI=1S/C22H26N2O2/c1-4-18-5-7-19(8-6-18)21(25)23-9-11-24(12-10-23)22(26)20-14-16(2)13-17(3)15-20/h5-8,13-15H,4,9-12H2,1-3H3. The first-order valence-electron chi connectivity index (χ1n) is 9.23. The minimum atomic E-state index is 0.0474. The summed E-state index contributed by atoms with van der Waals surface area (Å²) < 4.78 is 0. The van der Waals surface area contributed by atoms with Gasteiger partial charge < -0.3 is 9.80 Å². The van der Waals surface area contributed by atoms with Crippen LogP contribution >= 0.6 is 0 Å². The summed E-state index contributed by atoms with van der Waals surface area (Å²) in [7, 11) is 0. The van der Waals surface area contributed by atoms with Crippen LogP contribution in [0.1, 0.15) is 44.3 Å². The molecule has 1 fully saturated rings. The summed E-state index contributed by atoms with van der Waals surface area (Å²) in [5.41, 5.74) is 4.87. The fourth-order valence-electron chi connectivity index (χ4n) is 3.46. The second-order valence-corrected chi connectivity index (χ2v) is 7.01. The lowest BCUT2D eigenvalue weighted by atomic mass is 10.1. The number of nitrogens with zero attached hydrogens (tertiary/aromatic N) is 2. The SMILES string of the molecule is CCc1ccc(C(=O)N2CCN(C(=O)c3cc(C)cc(C)c3)CC2)cc1. The quantitative estimate of drug-likeness (QED) is 0.850. The first-order valence-corrected chi connectivity index (χ1v) is 9.23. The lowest BCUT2D eigenvalue weighted by Crippen LogP contribution is -2.50. The Bertz CT molecular complexity index is 783. The molecule has 136 valence electrons. The van der Waals surface area contributed by atoms with E-state index in [-0.39, 0.29) is 11.8 Å². The van der Waals surface area contributed by atoms with Crippen LogP contribution in [0.15, 0.2) is 42.5 Å². The molecule has 0 N–H and O–H groups in total. The highest BCUT2D eigenvalue weighted by Crippen LogP contribution is 2.15. The number of hydrogen-bond donors (Lipinski definition) is 0. The van der Waals surface area contributed by atoms with Gasteiger partial charge in [-0.2, -0.15) is 0 Å². The van der Waals surface area contributed by atoms with E-state index in [1.165, 1.54) is 5.56 Å². The van der Waals surface area contributed by atoms with Crippen molar-refractivity contribution in [3.63, 3.8) is 0 Å². The molecule has 0 aliphatic carbocycles. The molecule has 2 aromatic rings. The fourth-order valence-corrected chi connectivity index (χ4v) is 3.46. The third kappa shape index (κ3) is 3.96. The molecule has 0 aromatic heterocycles. The Balaban J connectivity index is 1.62. The number of carbonyl (C=O) groups excluding carboxylic acids is 2. The Kier molecular flexibility index (Phi) is 5.40. The molecular weight excluding hydrogens is 324 g/mol. The highest BCUT2D eigenvalue weighted by molar-refractivity contribution is 5.96. The molecule has 2 amide bonds. The maximum atomic E-state index is 12.7. The fraction of sp³-hybridized carbons (Fsp3) is 0.364. The van der Waals surface area contributed by atoms with E-state index in [1.54, 1.807) is 0 Å². The van der Waals surface area contributed by atoms with E-state index in [0.717, 1.165) is 28.7 Å². The lowest BCUT2D eigenvalue weighted by molar-refractivity contribution is 0.0535. The highest BCUT2D eigenvalue weighted by atomic mass is 16.2. The minimum Gasteiger partial charge on any atom is -0.335 e. The summed E-state index contributed by atoms with van der Waals surface area (Å²) in [4.78, 5) is 29.1. The smallest absolute Gasteiger partial charge is 0.253 e. The largest absolute Gasteiger partial charge is 0.335 e. The summed E-state index contributed by atoms with van der Waals surface area (Å²) in [5, 5.41) is 0. The van der Waals surface area contributed by atoms with Gasteiger partial charge in [-0.15, -0.1) is 0 Å². The molecule has 3 rings (SSSR count). The van der Waals surface area contributed by atoms with Gasteiger partial charge >= 0.3 is 0 Å². The molecule has 0 atom stereocenters. The van der Waals surface area contributed by atoms with Gasteiger partial charge in [-0.1, -0.05) is 36.2 Å². The molecule has 0 radical (unpaired) electrons. The maximum absolute atomic E-state index is 12.7. The van der Waals surface area contributed by atoms with Gasteiger partial charge in [-0.25, -0.2) is 0 Å². The number of rotatable bonds is 3. The van der Waals surface area contributed by atoms with Crippen molar-refractivity contribution in [2.45, 2.75) is 27.2 Å². The Labute approximate surface area is 155 Å². The second-order valence-electron chi connectivity index (χ2n) is 7.01.